The van der Waals surface area contributed by atoms with E-state index in [1.54, 1.807) is 17.0 Å². The summed E-state index contributed by atoms with van der Waals surface area (Å²) < 4.78 is 6.98. The van der Waals surface area contributed by atoms with Crippen LogP contribution in [0.1, 0.15) is 25.1 Å². The Kier molecular flexibility index (Phi) is 7.86. The molecule has 3 heterocycles. The summed E-state index contributed by atoms with van der Waals surface area (Å²) in [6.45, 7) is 5.07. The number of carbonyl (C=O) groups is 2. The molecule has 1 aromatic rings. The molecule has 2 aliphatic rings. The smallest absolute Gasteiger partial charge is 0.323 e. The molecule has 0 saturated carbocycles. The van der Waals surface area contributed by atoms with Crippen molar-refractivity contribution >= 4 is 24.3 Å². The van der Waals surface area contributed by atoms with Gasteiger partial charge in [0.2, 0.25) is 5.91 Å². The molecule has 0 bridgehead atoms. The molecule has 9 heteroatoms. The van der Waals surface area contributed by atoms with Crippen LogP contribution in [0.25, 0.3) is 0 Å². The standard InChI is InChI=1S/C17H26N4O4.ClH/c22-16(2-1-15-18-5-8-21(15)13-17(23)24)20-6-3-14(4-7-20)19-9-11-25-12-10-19;/h5,8,14H,1-4,6-7,9-13H2,(H,23,24);1H. The Labute approximate surface area is 159 Å². The molecule has 2 fully saturated rings. The molecule has 0 aromatic carbocycles. The molecular weight excluding hydrogens is 360 g/mol. The lowest BCUT2D eigenvalue weighted by Crippen LogP contribution is -2.50. The Morgan fingerprint density at radius 1 is 1.19 bits per heavy atom. The molecule has 8 nitrogen and oxygen atoms in total. The maximum atomic E-state index is 12.4. The first-order chi connectivity index (χ1) is 12.1. The number of piperidine rings is 1. The van der Waals surface area contributed by atoms with E-state index in [0.717, 1.165) is 52.2 Å². The number of morpholine rings is 1. The number of carbonyl (C=O) groups excluding carboxylic acids is 1. The molecule has 0 unspecified atom stereocenters. The number of aliphatic carboxylic acids is 1. The number of rotatable bonds is 6. The number of carboxylic acid groups (broad SMARTS) is 1. The SMILES string of the molecule is Cl.O=C(O)Cn1ccnc1CCC(=O)N1CCC(N2CCOCC2)CC1. The van der Waals surface area contributed by atoms with Gasteiger partial charge in [0.1, 0.15) is 12.4 Å². The third-order valence-corrected chi connectivity index (χ3v) is 5.05. The number of hydrogen-bond donors (Lipinski definition) is 1. The van der Waals surface area contributed by atoms with Crippen molar-refractivity contribution in [1.82, 2.24) is 19.4 Å². The van der Waals surface area contributed by atoms with E-state index in [-0.39, 0.29) is 24.9 Å². The topological polar surface area (TPSA) is 87.9 Å². The number of carboxylic acids is 1. The van der Waals surface area contributed by atoms with Crippen LogP contribution in [0.3, 0.4) is 0 Å². The van der Waals surface area contributed by atoms with E-state index in [0.29, 0.717) is 24.7 Å². The lowest BCUT2D eigenvalue weighted by atomic mass is 10.0. The third-order valence-electron chi connectivity index (χ3n) is 5.05. The highest BCUT2D eigenvalue weighted by molar-refractivity contribution is 5.85. The van der Waals surface area contributed by atoms with Crippen LogP contribution < -0.4 is 0 Å². The van der Waals surface area contributed by atoms with Crippen molar-refractivity contribution in [2.24, 2.45) is 0 Å². The highest BCUT2D eigenvalue weighted by Gasteiger charge is 2.27. The number of amides is 1. The second-order valence-electron chi connectivity index (χ2n) is 6.63. The third kappa shape index (κ3) is 5.43. The van der Waals surface area contributed by atoms with Gasteiger partial charge in [-0.2, -0.15) is 0 Å². The second kappa shape index (κ2) is 9.89. The Morgan fingerprint density at radius 3 is 2.54 bits per heavy atom. The number of likely N-dealkylation sites (tertiary alicyclic amines) is 1. The highest BCUT2D eigenvalue weighted by Crippen LogP contribution is 2.18. The number of nitrogens with zero attached hydrogens (tertiary/aromatic N) is 4. The normalized spacial score (nSPS) is 19.2. The van der Waals surface area contributed by atoms with Crippen LogP contribution in [0.15, 0.2) is 12.4 Å². The van der Waals surface area contributed by atoms with E-state index in [1.807, 2.05) is 4.90 Å². The summed E-state index contributed by atoms with van der Waals surface area (Å²) in [6, 6.07) is 0.558. The molecule has 0 radical (unpaired) electrons. The largest absolute Gasteiger partial charge is 0.480 e. The van der Waals surface area contributed by atoms with Gasteiger partial charge in [-0.1, -0.05) is 0 Å². The summed E-state index contributed by atoms with van der Waals surface area (Å²) >= 11 is 0. The first-order valence-corrected chi connectivity index (χ1v) is 8.95. The Balaban J connectivity index is 0.00000243. The highest BCUT2D eigenvalue weighted by atomic mass is 35.5. The van der Waals surface area contributed by atoms with E-state index in [4.69, 9.17) is 9.84 Å². The molecular formula is C17H27ClN4O4. The lowest BCUT2D eigenvalue weighted by molar-refractivity contribution is -0.137. The number of hydrogen-bond acceptors (Lipinski definition) is 5. The fourth-order valence-electron chi connectivity index (χ4n) is 3.66. The minimum absolute atomic E-state index is 0. The first-order valence-electron chi connectivity index (χ1n) is 8.95. The number of imidazole rings is 1. The van der Waals surface area contributed by atoms with Gasteiger partial charge in [0.25, 0.3) is 0 Å². The zero-order valence-electron chi connectivity index (χ0n) is 14.9. The van der Waals surface area contributed by atoms with Crippen molar-refractivity contribution in [2.45, 2.75) is 38.3 Å². The summed E-state index contributed by atoms with van der Waals surface area (Å²) in [7, 11) is 0. The molecule has 0 atom stereocenters. The molecule has 2 aliphatic heterocycles. The quantitative estimate of drug-likeness (QED) is 0.772. The maximum absolute atomic E-state index is 12.4. The van der Waals surface area contributed by atoms with Crippen molar-refractivity contribution in [3.8, 4) is 0 Å². The molecule has 0 spiro atoms. The van der Waals surface area contributed by atoms with Crippen LogP contribution in [-0.2, 0) is 27.3 Å². The Hall–Kier alpha value is -1.64. The summed E-state index contributed by atoms with van der Waals surface area (Å²) in [5, 5.41) is 8.89. The van der Waals surface area contributed by atoms with Crippen molar-refractivity contribution in [1.29, 1.82) is 0 Å². The van der Waals surface area contributed by atoms with Crippen LogP contribution in [0.5, 0.6) is 0 Å². The zero-order chi connectivity index (χ0) is 17.6. The van der Waals surface area contributed by atoms with E-state index in [1.165, 1.54) is 0 Å². The minimum atomic E-state index is -0.907. The molecule has 0 aliphatic carbocycles. The number of halogens is 1. The molecule has 1 N–H and O–H groups in total. The van der Waals surface area contributed by atoms with E-state index >= 15 is 0 Å². The van der Waals surface area contributed by atoms with Gasteiger partial charge in [-0.15, -0.1) is 12.4 Å². The predicted molar refractivity (Wildman–Crippen MR) is 97.4 cm³/mol. The molecule has 1 aromatic heterocycles. The van der Waals surface area contributed by atoms with Crippen LogP contribution in [0.2, 0.25) is 0 Å². The van der Waals surface area contributed by atoms with Gasteiger partial charge in [-0.3, -0.25) is 14.5 Å². The number of aromatic nitrogens is 2. The average molecular weight is 387 g/mol. The molecule has 146 valence electrons. The van der Waals surface area contributed by atoms with Gasteiger partial charge in [0.15, 0.2) is 0 Å². The van der Waals surface area contributed by atoms with E-state index in [9.17, 15) is 9.59 Å². The van der Waals surface area contributed by atoms with Gasteiger partial charge in [-0.05, 0) is 12.8 Å². The maximum Gasteiger partial charge on any atom is 0.323 e. The fraction of sp³-hybridized carbons (Fsp3) is 0.706. The summed E-state index contributed by atoms with van der Waals surface area (Å²) in [5.74, 6) is -0.125. The van der Waals surface area contributed by atoms with E-state index < -0.39 is 5.97 Å². The Bertz CT molecular complexity index is 595. The van der Waals surface area contributed by atoms with Crippen molar-refractivity contribution in [2.75, 3.05) is 39.4 Å². The number of aryl methyl sites for hydroxylation is 1. The van der Waals surface area contributed by atoms with Crippen LogP contribution >= 0.6 is 12.4 Å². The molecule has 1 amide bonds. The van der Waals surface area contributed by atoms with Crippen molar-refractivity contribution in [3.05, 3.63) is 18.2 Å². The van der Waals surface area contributed by atoms with Crippen LogP contribution in [0, 0.1) is 0 Å². The summed E-state index contributed by atoms with van der Waals surface area (Å²) in [6.07, 6.45) is 6.10. The molecule has 26 heavy (non-hydrogen) atoms. The predicted octanol–water partition coefficient (Wildman–Crippen LogP) is 0.645. The van der Waals surface area contributed by atoms with Crippen molar-refractivity contribution < 1.29 is 19.4 Å². The van der Waals surface area contributed by atoms with Gasteiger partial charge in [-0.25, -0.2) is 4.98 Å². The van der Waals surface area contributed by atoms with E-state index in [2.05, 4.69) is 9.88 Å². The summed E-state index contributed by atoms with van der Waals surface area (Å²) in [4.78, 5) is 31.9. The van der Waals surface area contributed by atoms with Gasteiger partial charge < -0.3 is 19.3 Å². The lowest BCUT2D eigenvalue weighted by Gasteiger charge is -2.40. The van der Waals surface area contributed by atoms with Gasteiger partial charge in [0, 0.05) is 57.5 Å². The average Bonchev–Trinajstić information content (AvgIpc) is 3.07. The van der Waals surface area contributed by atoms with Crippen molar-refractivity contribution in [3.63, 3.8) is 0 Å². The molecule has 3 rings (SSSR count). The van der Waals surface area contributed by atoms with Gasteiger partial charge in [0.05, 0.1) is 13.2 Å². The zero-order valence-corrected chi connectivity index (χ0v) is 15.7. The first kappa shape index (κ1) is 20.7. The van der Waals surface area contributed by atoms with Gasteiger partial charge >= 0.3 is 5.97 Å². The van der Waals surface area contributed by atoms with Crippen LogP contribution in [-0.4, -0.2) is 81.8 Å². The molecule has 2 saturated heterocycles. The second-order valence-corrected chi connectivity index (χ2v) is 6.63. The summed E-state index contributed by atoms with van der Waals surface area (Å²) in [5.41, 5.74) is 0. The fourth-order valence-corrected chi connectivity index (χ4v) is 3.66. The minimum Gasteiger partial charge on any atom is -0.480 e. The van der Waals surface area contributed by atoms with Crippen LogP contribution in [0.4, 0.5) is 0 Å². The Morgan fingerprint density at radius 2 is 1.88 bits per heavy atom. The number of ether oxygens (including phenoxy) is 1. The monoisotopic (exact) mass is 386 g/mol.